The number of anilines is 1. The van der Waals surface area contributed by atoms with E-state index in [2.05, 4.69) is 74.7 Å². The van der Waals surface area contributed by atoms with Crippen molar-refractivity contribution in [2.24, 2.45) is 5.41 Å². The lowest BCUT2D eigenvalue weighted by Gasteiger charge is -2.37. The number of thiazole rings is 1. The van der Waals surface area contributed by atoms with Crippen molar-refractivity contribution in [1.29, 1.82) is 0 Å². The second-order valence-corrected chi connectivity index (χ2v) is 22.1. The third-order valence-electron chi connectivity index (χ3n) is 14.4. The van der Waals surface area contributed by atoms with Gasteiger partial charge in [-0.15, -0.1) is 11.3 Å². The molecule has 16 nitrogen and oxygen atoms in total. The topological polar surface area (TPSA) is 197 Å². The van der Waals surface area contributed by atoms with Crippen LogP contribution < -0.4 is 31.1 Å². The van der Waals surface area contributed by atoms with Crippen LogP contribution in [0.3, 0.4) is 0 Å². The van der Waals surface area contributed by atoms with E-state index in [-0.39, 0.29) is 43.1 Å². The van der Waals surface area contributed by atoms with Crippen molar-refractivity contribution < 1.29 is 38.4 Å². The number of H-pyrrole nitrogens is 1. The number of nitrogens with zero attached hydrogens (tertiary/aromatic N) is 3. The van der Waals surface area contributed by atoms with Crippen molar-refractivity contribution in [2.75, 3.05) is 64.2 Å². The standard InChI is InChI=1S/C60H79N7O9S/c1-10-66(47-21-27-74-28-22-47)52-31-46(30-50(40(52)4)57(70)62-34-51-38(2)29-39(3)64-58(51)71)44-17-19-49(20-18-44)76-26-12-24-73-23-11-25-75-36-54(69)65-56(60(7,8)9)59(72)67-35-48(68)32-53(67)41(5)61-33-43-13-15-45(16-14-43)55-42(6)63-37-77-55/h13-20,29-31,37,47-48,53,56,61,68H,5,10-12,21-28,32-36H2,1-4,6-9H3,(H,62,70)(H,64,71)(H,65,69)/t48-,53+,56-/m1/s1. The predicted octanol–water partition coefficient (Wildman–Crippen LogP) is 8.32. The van der Waals surface area contributed by atoms with Gasteiger partial charge >= 0.3 is 0 Å². The van der Waals surface area contributed by atoms with E-state index in [0.29, 0.717) is 88.0 Å². The minimum atomic E-state index is -0.852. The Morgan fingerprint density at radius 2 is 1.60 bits per heavy atom. The largest absolute Gasteiger partial charge is 0.494 e. The number of aromatic amines is 1. The molecule has 2 aliphatic rings. The van der Waals surface area contributed by atoms with Crippen LogP contribution in [0.25, 0.3) is 21.6 Å². The molecule has 0 saturated carbocycles. The molecule has 2 aliphatic heterocycles. The highest BCUT2D eigenvalue weighted by molar-refractivity contribution is 7.13. The quantitative estimate of drug-likeness (QED) is 0.0351. The molecule has 3 atom stereocenters. The molecule has 17 heteroatoms. The molecule has 0 bridgehead atoms. The fourth-order valence-electron chi connectivity index (χ4n) is 10.1. The maximum Gasteiger partial charge on any atom is 0.253 e. The first-order valence-electron chi connectivity index (χ1n) is 27.0. The van der Waals surface area contributed by atoms with E-state index in [1.54, 1.807) is 16.2 Å². The van der Waals surface area contributed by atoms with Gasteiger partial charge in [0, 0.05) is 106 Å². The number of nitrogens with one attached hydrogen (secondary N) is 4. The van der Waals surface area contributed by atoms with Gasteiger partial charge in [0.15, 0.2) is 0 Å². The normalized spacial score (nSPS) is 16.2. The number of carbonyl (C=O) groups excluding carboxylic acids is 3. The maximum atomic E-state index is 14.1. The lowest BCUT2D eigenvalue weighted by Crippen LogP contribution is -2.57. The van der Waals surface area contributed by atoms with Crippen molar-refractivity contribution in [2.45, 2.75) is 125 Å². The number of benzene rings is 3. The summed E-state index contributed by atoms with van der Waals surface area (Å²) in [6.45, 7) is 24.2. The summed E-state index contributed by atoms with van der Waals surface area (Å²) in [5.41, 5.74) is 11.3. The zero-order valence-corrected chi connectivity index (χ0v) is 47.0. The van der Waals surface area contributed by atoms with Gasteiger partial charge in [-0.3, -0.25) is 19.2 Å². The molecule has 0 radical (unpaired) electrons. The summed E-state index contributed by atoms with van der Waals surface area (Å²) in [4.78, 5) is 66.4. The van der Waals surface area contributed by atoms with Gasteiger partial charge in [0.05, 0.1) is 34.8 Å². The van der Waals surface area contributed by atoms with Gasteiger partial charge in [-0.25, -0.2) is 4.98 Å². The highest BCUT2D eigenvalue weighted by Crippen LogP contribution is 2.35. The van der Waals surface area contributed by atoms with Crippen molar-refractivity contribution in [3.63, 3.8) is 0 Å². The number of pyridine rings is 1. The van der Waals surface area contributed by atoms with Crippen LogP contribution in [0.2, 0.25) is 0 Å². The number of carbonyl (C=O) groups is 3. The number of aliphatic hydroxyl groups excluding tert-OH is 1. The van der Waals surface area contributed by atoms with E-state index in [4.69, 9.17) is 18.9 Å². The fraction of sp³-hybridized carbons (Fsp3) is 0.483. The van der Waals surface area contributed by atoms with E-state index in [1.807, 2.05) is 90.4 Å². The molecule has 7 rings (SSSR count). The van der Waals surface area contributed by atoms with Gasteiger partial charge in [-0.1, -0.05) is 63.7 Å². The Morgan fingerprint density at radius 1 is 0.909 bits per heavy atom. The summed E-state index contributed by atoms with van der Waals surface area (Å²) in [7, 11) is 0. The molecule has 3 aromatic carbocycles. The van der Waals surface area contributed by atoms with Crippen LogP contribution in [-0.4, -0.2) is 121 Å². The Balaban J connectivity index is 0.832. The molecule has 2 saturated heterocycles. The smallest absolute Gasteiger partial charge is 0.253 e. The van der Waals surface area contributed by atoms with Crippen LogP contribution in [0.4, 0.5) is 5.69 Å². The van der Waals surface area contributed by atoms with Crippen LogP contribution in [0.1, 0.15) is 104 Å². The zero-order chi connectivity index (χ0) is 55.2. The van der Waals surface area contributed by atoms with E-state index >= 15 is 0 Å². The number of aromatic nitrogens is 2. The van der Waals surface area contributed by atoms with Crippen molar-refractivity contribution in [1.82, 2.24) is 30.8 Å². The average Bonchev–Trinajstić information content (AvgIpc) is 4.03. The Labute approximate surface area is 458 Å². The minimum absolute atomic E-state index is 0.116. The van der Waals surface area contributed by atoms with E-state index in [9.17, 15) is 24.3 Å². The van der Waals surface area contributed by atoms with Crippen molar-refractivity contribution in [3.05, 3.63) is 134 Å². The third kappa shape index (κ3) is 15.7. The van der Waals surface area contributed by atoms with E-state index in [0.717, 1.165) is 74.7 Å². The molecule has 2 fully saturated rings. The van der Waals surface area contributed by atoms with Crippen LogP contribution in [0.15, 0.2) is 89.3 Å². The number of amides is 3. The van der Waals surface area contributed by atoms with Crippen molar-refractivity contribution >= 4 is 34.7 Å². The van der Waals surface area contributed by atoms with E-state index < -0.39 is 29.5 Å². The molecule has 0 aliphatic carbocycles. The second-order valence-electron chi connectivity index (χ2n) is 21.3. The molecule has 5 N–H and O–H groups in total. The SMILES string of the molecule is C=C(NCc1ccc(-c2scnc2C)cc1)[C@@H]1C[C@@H](O)CN1C(=O)[C@@H](NC(=O)COCCCOCCCOc1ccc(-c2cc(C(=O)NCc3c(C)cc(C)[nH]c3=O)c(C)c(N(CC)C3CCOCC3)c2)cc1)C(C)(C)C. The summed E-state index contributed by atoms with van der Waals surface area (Å²) in [5, 5.41) is 20.0. The summed E-state index contributed by atoms with van der Waals surface area (Å²) in [6, 6.07) is 21.1. The summed E-state index contributed by atoms with van der Waals surface area (Å²) in [6.07, 6.45) is 2.69. The van der Waals surface area contributed by atoms with Crippen molar-refractivity contribution in [3.8, 4) is 27.3 Å². The number of hydrogen-bond donors (Lipinski definition) is 5. The Morgan fingerprint density at radius 3 is 2.26 bits per heavy atom. The van der Waals surface area contributed by atoms with Crippen LogP contribution in [0, 0.1) is 33.1 Å². The Hall–Kier alpha value is -6.37. The van der Waals surface area contributed by atoms with Crippen LogP contribution >= 0.6 is 11.3 Å². The first-order valence-corrected chi connectivity index (χ1v) is 27.8. The average molecular weight is 1070 g/mol. The van der Waals surface area contributed by atoms with E-state index in [1.165, 1.54) is 0 Å². The number of β-amino-alcohol motifs (C(OH)–C–C–N with tert-alkyl or cyclic N) is 1. The number of likely N-dealkylation sites (tertiary alicyclic amines) is 1. The molecule has 3 amide bonds. The first-order chi connectivity index (χ1) is 36.9. The first kappa shape index (κ1) is 58.3. The maximum absolute atomic E-state index is 14.1. The minimum Gasteiger partial charge on any atom is -0.494 e. The van der Waals surface area contributed by atoms with Gasteiger partial charge < -0.3 is 54.8 Å². The fourth-order valence-corrected chi connectivity index (χ4v) is 10.9. The monoisotopic (exact) mass is 1070 g/mol. The molecule has 5 aromatic rings. The van der Waals surface area contributed by atoms with Crippen LogP contribution in [0.5, 0.6) is 5.75 Å². The molecule has 0 spiro atoms. The third-order valence-corrected chi connectivity index (χ3v) is 15.4. The van der Waals surface area contributed by atoms with Gasteiger partial charge in [-0.05, 0) is 123 Å². The highest BCUT2D eigenvalue weighted by atomic mass is 32.1. The number of aliphatic hydroxyl groups is 1. The Bertz CT molecular complexity index is 2850. The molecule has 414 valence electrons. The second kappa shape index (κ2) is 27.3. The summed E-state index contributed by atoms with van der Waals surface area (Å²) in [5.74, 6) is -0.205. The molecular formula is C60H79N7O9S. The van der Waals surface area contributed by atoms with Gasteiger partial charge in [-0.2, -0.15) is 0 Å². The Kier molecular flexibility index (Phi) is 20.7. The van der Waals surface area contributed by atoms with Gasteiger partial charge in [0.1, 0.15) is 18.4 Å². The molecule has 4 heterocycles. The van der Waals surface area contributed by atoms with Gasteiger partial charge in [0.2, 0.25) is 11.8 Å². The lowest BCUT2D eigenvalue weighted by molar-refractivity contribution is -0.141. The number of aryl methyl sites for hydroxylation is 3. The summed E-state index contributed by atoms with van der Waals surface area (Å²) >= 11 is 1.61. The van der Waals surface area contributed by atoms with Crippen LogP contribution in [-0.2, 0) is 36.9 Å². The number of ether oxygens (including phenoxy) is 4. The molecular weight excluding hydrogens is 995 g/mol. The number of hydrogen-bond acceptors (Lipinski definition) is 13. The molecule has 2 aromatic heterocycles. The molecule has 0 unspecified atom stereocenters. The lowest BCUT2D eigenvalue weighted by atomic mass is 9.85. The molecule has 77 heavy (non-hydrogen) atoms. The summed E-state index contributed by atoms with van der Waals surface area (Å²) < 4.78 is 23.3. The predicted molar refractivity (Wildman–Crippen MR) is 303 cm³/mol. The highest BCUT2D eigenvalue weighted by Gasteiger charge is 2.43. The zero-order valence-electron chi connectivity index (χ0n) is 46.2. The van der Waals surface area contributed by atoms with Gasteiger partial charge in [0.25, 0.3) is 11.5 Å². The number of rotatable bonds is 25.